The molecular weight excluding hydrogens is 354 g/mol. The van der Waals surface area contributed by atoms with Gasteiger partial charge < -0.3 is 25.0 Å². The molecule has 1 aromatic carbocycles. The van der Waals surface area contributed by atoms with Crippen molar-refractivity contribution in [1.29, 1.82) is 0 Å². The Kier molecular flexibility index (Phi) is 5.81. The van der Waals surface area contributed by atoms with E-state index in [9.17, 15) is 0 Å². The minimum absolute atomic E-state index is 0.327. The van der Waals surface area contributed by atoms with E-state index in [1.165, 1.54) is 18.4 Å². The van der Waals surface area contributed by atoms with Crippen LogP contribution in [-0.4, -0.2) is 43.4 Å². The van der Waals surface area contributed by atoms with Gasteiger partial charge in [-0.2, -0.15) is 4.98 Å². The van der Waals surface area contributed by atoms with E-state index < -0.39 is 0 Å². The van der Waals surface area contributed by atoms with Crippen LogP contribution in [0, 0.1) is 5.92 Å². The molecule has 1 aromatic heterocycles. The summed E-state index contributed by atoms with van der Waals surface area (Å²) in [5.74, 6) is 4.08. The highest BCUT2D eigenvalue weighted by Crippen LogP contribution is 2.32. The number of rotatable bonds is 7. The lowest BCUT2D eigenvalue weighted by Crippen LogP contribution is -2.31. The van der Waals surface area contributed by atoms with Crippen LogP contribution in [0.25, 0.3) is 0 Å². The molecule has 28 heavy (non-hydrogen) atoms. The summed E-state index contributed by atoms with van der Waals surface area (Å²) in [5, 5.41) is 7.11. The van der Waals surface area contributed by atoms with Crippen molar-refractivity contribution in [3.63, 3.8) is 0 Å². The van der Waals surface area contributed by atoms with Crippen LogP contribution in [0.1, 0.15) is 31.2 Å². The number of fused-ring (bicyclic) bond motifs is 1. The molecule has 1 aliphatic carbocycles. The molecule has 2 heterocycles. The maximum atomic E-state index is 5.45. The monoisotopic (exact) mass is 383 g/mol. The molecule has 7 nitrogen and oxygen atoms in total. The second-order valence-electron chi connectivity index (χ2n) is 7.81. The van der Waals surface area contributed by atoms with Gasteiger partial charge in [0, 0.05) is 32.9 Å². The molecule has 150 valence electrons. The molecule has 0 bridgehead atoms. The summed E-state index contributed by atoms with van der Waals surface area (Å²) in [7, 11) is 3.99. The quantitative estimate of drug-likeness (QED) is 0.761. The average molecular weight is 383 g/mol. The van der Waals surface area contributed by atoms with E-state index in [0.29, 0.717) is 12.8 Å². The molecule has 0 radical (unpaired) electrons. The summed E-state index contributed by atoms with van der Waals surface area (Å²) in [4.78, 5) is 10.9. The van der Waals surface area contributed by atoms with Crippen LogP contribution >= 0.6 is 0 Å². The van der Waals surface area contributed by atoms with Gasteiger partial charge in [0.1, 0.15) is 5.82 Å². The van der Waals surface area contributed by atoms with E-state index in [-0.39, 0.29) is 0 Å². The summed E-state index contributed by atoms with van der Waals surface area (Å²) in [5.41, 5.74) is 1.23. The van der Waals surface area contributed by atoms with E-state index in [4.69, 9.17) is 9.47 Å². The van der Waals surface area contributed by atoms with Crippen molar-refractivity contribution in [3.05, 3.63) is 36.0 Å². The van der Waals surface area contributed by atoms with E-state index in [2.05, 4.69) is 32.7 Å². The Morgan fingerprint density at radius 2 is 1.89 bits per heavy atom. The predicted molar refractivity (Wildman–Crippen MR) is 110 cm³/mol. The van der Waals surface area contributed by atoms with E-state index >= 15 is 0 Å². The Bertz CT molecular complexity index is 790. The van der Waals surface area contributed by atoms with Gasteiger partial charge in [0.15, 0.2) is 11.5 Å². The first-order valence-corrected chi connectivity index (χ1v) is 10.0. The van der Waals surface area contributed by atoms with E-state index in [1.807, 2.05) is 37.3 Å². The van der Waals surface area contributed by atoms with Crippen LogP contribution in [0.5, 0.6) is 11.5 Å². The molecule has 4 rings (SSSR count). The summed E-state index contributed by atoms with van der Waals surface area (Å²) in [6, 6.07) is 8.54. The first-order chi connectivity index (χ1) is 13.7. The molecule has 0 spiro atoms. The van der Waals surface area contributed by atoms with Crippen LogP contribution in [0.15, 0.2) is 30.5 Å². The largest absolute Gasteiger partial charge is 0.454 e. The van der Waals surface area contributed by atoms with Crippen LogP contribution in [0.2, 0.25) is 0 Å². The first-order valence-electron chi connectivity index (χ1n) is 10.0. The zero-order valence-electron chi connectivity index (χ0n) is 16.6. The van der Waals surface area contributed by atoms with Gasteiger partial charge in [-0.3, -0.25) is 0 Å². The van der Waals surface area contributed by atoms with Gasteiger partial charge in [-0.1, -0.05) is 6.07 Å². The maximum absolute atomic E-state index is 5.45. The number of ether oxygens (including phenoxy) is 2. The van der Waals surface area contributed by atoms with Gasteiger partial charge in [-0.15, -0.1) is 0 Å². The summed E-state index contributed by atoms with van der Waals surface area (Å²) >= 11 is 0. The third kappa shape index (κ3) is 4.65. The Morgan fingerprint density at radius 3 is 2.71 bits per heavy atom. The predicted octanol–water partition coefficient (Wildman–Crippen LogP) is 3.03. The standard InChI is InChI=1S/C21H29N5O2/c1-26(2)20-9-10-23-21(25-20)24-17-6-3-15(4-7-17)12-22-13-16-5-8-18-19(11-16)28-14-27-18/h5,8-11,15,17,22H,3-4,6-7,12-14H2,1-2H3,(H,23,24,25). The van der Waals surface area contributed by atoms with Gasteiger partial charge in [0.05, 0.1) is 0 Å². The van der Waals surface area contributed by atoms with Crippen LogP contribution < -0.4 is 25.0 Å². The fraction of sp³-hybridized carbons (Fsp3) is 0.524. The van der Waals surface area contributed by atoms with Gasteiger partial charge in [0.2, 0.25) is 12.7 Å². The topological polar surface area (TPSA) is 71.5 Å². The van der Waals surface area contributed by atoms with Gasteiger partial charge >= 0.3 is 0 Å². The lowest BCUT2D eigenvalue weighted by Gasteiger charge is -2.29. The normalized spacial score (nSPS) is 20.8. The van der Waals surface area contributed by atoms with Crippen molar-refractivity contribution in [2.24, 2.45) is 5.92 Å². The molecule has 0 atom stereocenters. The zero-order valence-corrected chi connectivity index (χ0v) is 16.6. The second-order valence-corrected chi connectivity index (χ2v) is 7.81. The molecule has 1 saturated carbocycles. The van der Waals surface area contributed by atoms with Crippen molar-refractivity contribution >= 4 is 11.8 Å². The lowest BCUT2D eigenvalue weighted by atomic mass is 9.86. The number of aromatic nitrogens is 2. The van der Waals surface area contributed by atoms with E-state index in [0.717, 1.165) is 55.1 Å². The number of hydrogen-bond acceptors (Lipinski definition) is 7. The third-order valence-electron chi connectivity index (χ3n) is 5.48. The fourth-order valence-electron chi connectivity index (χ4n) is 3.83. The molecule has 0 unspecified atom stereocenters. The SMILES string of the molecule is CN(C)c1ccnc(NC2CCC(CNCc3ccc4c(c3)OCO4)CC2)n1. The van der Waals surface area contributed by atoms with Crippen molar-refractivity contribution in [3.8, 4) is 11.5 Å². The number of benzene rings is 1. The number of nitrogens with one attached hydrogen (secondary N) is 2. The molecule has 0 saturated heterocycles. The molecular formula is C21H29N5O2. The maximum Gasteiger partial charge on any atom is 0.231 e. The van der Waals surface area contributed by atoms with Crippen molar-refractivity contribution in [2.75, 3.05) is 37.6 Å². The number of nitrogens with zero attached hydrogens (tertiary/aromatic N) is 3. The molecule has 2 N–H and O–H groups in total. The highest BCUT2D eigenvalue weighted by molar-refractivity contribution is 5.44. The van der Waals surface area contributed by atoms with Gasteiger partial charge in [-0.05, 0) is 61.9 Å². The zero-order chi connectivity index (χ0) is 19.3. The average Bonchev–Trinajstić information content (AvgIpc) is 3.17. The van der Waals surface area contributed by atoms with Crippen molar-refractivity contribution in [2.45, 2.75) is 38.3 Å². The Balaban J connectivity index is 1.19. The molecule has 2 aliphatic rings. The minimum Gasteiger partial charge on any atom is -0.454 e. The van der Waals surface area contributed by atoms with Crippen LogP contribution in [0.3, 0.4) is 0 Å². The van der Waals surface area contributed by atoms with Crippen LogP contribution in [0.4, 0.5) is 11.8 Å². The van der Waals surface area contributed by atoms with Gasteiger partial charge in [-0.25, -0.2) is 4.98 Å². The number of anilines is 2. The Hall–Kier alpha value is -2.54. The third-order valence-corrected chi connectivity index (χ3v) is 5.48. The number of hydrogen-bond donors (Lipinski definition) is 2. The first kappa shape index (κ1) is 18.8. The lowest BCUT2D eigenvalue weighted by molar-refractivity contribution is 0.174. The smallest absolute Gasteiger partial charge is 0.231 e. The summed E-state index contributed by atoms with van der Waals surface area (Å²) in [6.45, 7) is 2.24. The van der Waals surface area contributed by atoms with Crippen molar-refractivity contribution in [1.82, 2.24) is 15.3 Å². The highest BCUT2D eigenvalue weighted by Gasteiger charge is 2.21. The molecule has 7 heteroatoms. The summed E-state index contributed by atoms with van der Waals surface area (Å²) in [6.07, 6.45) is 6.58. The molecule has 2 aromatic rings. The van der Waals surface area contributed by atoms with Crippen LogP contribution in [-0.2, 0) is 6.54 Å². The molecule has 1 aliphatic heterocycles. The second kappa shape index (κ2) is 8.65. The van der Waals surface area contributed by atoms with Crippen molar-refractivity contribution < 1.29 is 9.47 Å². The minimum atomic E-state index is 0.327. The Labute approximate surface area is 166 Å². The molecule has 0 amide bonds. The van der Waals surface area contributed by atoms with E-state index in [1.54, 1.807) is 0 Å². The van der Waals surface area contributed by atoms with Gasteiger partial charge in [0.25, 0.3) is 0 Å². The molecule has 1 fully saturated rings. The fourth-order valence-corrected chi connectivity index (χ4v) is 3.83. The Morgan fingerprint density at radius 1 is 1.07 bits per heavy atom. The highest BCUT2D eigenvalue weighted by atomic mass is 16.7. The summed E-state index contributed by atoms with van der Waals surface area (Å²) < 4.78 is 10.8.